The number of hydrogen-bond donors (Lipinski definition) is 0. The van der Waals surface area contributed by atoms with Gasteiger partial charge in [-0.15, -0.1) is 0 Å². The van der Waals surface area contributed by atoms with Crippen molar-refractivity contribution in [3.63, 3.8) is 0 Å². The van der Waals surface area contributed by atoms with E-state index in [1.54, 1.807) is 0 Å². The second kappa shape index (κ2) is 18.1. The Bertz CT molecular complexity index is 229. The molecule has 1 unspecified atom stereocenters. The fourth-order valence-electron chi connectivity index (χ4n) is 1.53. The van der Waals surface area contributed by atoms with E-state index in [9.17, 15) is 0 Å². The van der Waals surface area contributed by atoms with Crippen LogP contribution in [0.3, 0.4) is 0 Å². The molecule has 0 heterocycles. The molecule has 1 atom stereocenters. The van der Waals surface area contributed by atoms with Crippen molar-refractivity contribution in [2.45, 2.75) is 20.3 Å². The van der Waals surface area contributed by atoms with E-state index in [0.717, 1.165) is 26.2 Å². The molecule has 0 bridgehead atoms. The van der Waals surface area contributed by atoms with Gasteiger partial charge in [-0.2, -0.15) is 0 Å². The molecule has 0 spiro atoms. The van der Waals surface area contributed by atoms with Gasteiger partial charge in [0.2, 0.25) is 0 Å². The fourth-order valence-corrected chi connectivity index (χ4v) is 1.53. The fraction of sp³-hybridized carbons (Fsp3) is 1.00. The first-order valence-corrected chi connectivity index (χ1v) is 8.70. The average molecular weight is 335 g/mol. The minimum Gasteiger partial charge on any atom is -0.379 e. The maximum atomic E-state index is 5.50. The van der Waals surface area contributed by atoms with E-state index in [1.165, 1.54) is 0 Å². The van der Waals surface area contributed by atoms with E-state index < -0.39 is 0 Å². The van der Waals surface area contributed by atoms with Gasteiger partial charge in [0, 0.05) is 13.2 Å². The monoisotopic (exact) mass is 335 g/mol. The van der Waals surface area contributed by atoms with Crippen molar-refractivity contribution in [2.75, 3.05) is 86.7 Å². The molecule has 6 nitrogen and oxygen atoms in total. The Kier molecular flexibility index (Phi) is 17.9. The van der Waals surface area contributed by atoms with E-state index in [0.29, 0.717) is 58.8 Å². The van der Waals surface area contributed by atoms with Crippen molar-refractivity contribution in [2.24, 2.45) is 5.92 Å². The zero-order valence-corrected chi connectivity index (χ0v) is 15.6. The molecular weight excluding hydrogens is 298 g/mol. The van der Waals surface area contributed by atoms with Crippen molar-refractivity contribution in [1.82, 2.24) is 4.90 Å². The third kappa shape index (κ3) is 19.7. The molecule has 0 aromatic heterocycles. The first-order valence-electron chi connectivity index (χ1n) is 8.70. The van der Waals surface area contributed by atoms with Gasteiger partial charge >= 0.3 is 0 Å². The molecule has 140 valence electrons. The van der Waals surface area contributed by atoms with E-state index in [2.05, 4.69) is 18.7 Å². The molecule has 0 aliphatic carbocycles. The lowest BCUT2D eigenvalue weighted by Gasteiger charge is -2.10. The van der Waals surface area contributed by atoms with Crippen LogP contribution in [0, 0.1) is 5.92 Å². The lowest BCUT2D eigenvalue weighted by atomic mass is 10.1. The first-order chi connectivity index (χ1) is 11.2. The highest BCUT2D eigenvalue weighted by atomic mass is 16.6. The van der Waals surface area contributed by atoms with Crippen LogP contribution in [0.4, 0.5) is 0 Å². The second-order valence-electron chi connectivity index (χ2n) is 5.84. The maximum absolute atomic E-state index is 5.50. The Hall–Kier alpha value is -0.240. The van der Waals surface area contributed by atoms with Crippen LogP contribution in [-0.4, -0.2) is 91.6 Å². The SMILES string of the molecule is CCC(C)COCCOCCOCCOCCOCCN(C)C. The summed E-state index contributed by atoms with van der Waals surface area (Å²) in [5.41, 5.74) is 0. The quantitative estimate of drug-likeness (QED) is 0.355. The van der Waals surface area contributed by atoms with Crippen LogP contribution in [0.2, 0.25) is 0 Å². The highest BCUT2D eigenvalue weighted by Crippen LogP contribution is 1.99. The van der Waals surface area contributed by atoms with Gasteiger partial charge in [0.1, 0.15) is 0 Å². The lowest BCUT2D eigenvalue weighted by Crippen LogP contribution is -2.19. The molecule has 23 heavy (non-hydrogen) atoms. The van der Waals surface area contributed by atoms with E-state index in [1.807, 2.05) is 14.1 Å². The number of likely N-dealkylation sites (N-methyl/N-ethyl adjacent to an activating group) is 1. The summed E-state index contributed by atoms with van der Waals surface area (Å²) in [5.74, 6) is 0.622. The molecule has 0 N–H and O–H groups in total. The Morgan fingerprint density at radius 1 is 0.652 bits per heavy atom. The predicted octanol–water partition coefficient (Wildman–Crippen LogP) is 1.68. The lowest BCUT2D eigenvalue weighted by molar-refractivity contribution is -0.0137. The highest BCUT2D eigenvalue weighted by Gasteiger charge is 1.98. The Balaban J connectivity index is 3.00. The van der Waals surface area contributed by atoms with Gasteiger partial charge in [0.25, 0.3) is 0 Å². The van der Waals surface area contributed by atoms with Crippen molar-refractivity contribution in [1.29, 1.82) is 0 Å². The predicted molar refractivity (Wildman–Crippen MR) is 92.1 cm³/mol. The van der Waals surface area contributed by atoms with Crippen LogP contribution < -0.4 is 0 Å². The van der Waals surface area contributed by atoms with Crippen molar-refractivity contribution >= 4 is 0 Å². The van der Waals surface area contributed by atoms with Gasteiger partial charge in [-0.05, 0) is 20.0 Å². The summed E-state index contributed by atoms with van der Waals surface area (Å²) in [6.45, 7) is 11.7. The molecule has 0 rings (SSSR count). The molecular formula is C17H37NO5. The van der Waals surface area contributed by atoms with Crippen molar-refractivity contribution in [3.8, 4) is 0 Å². The van der Waals surface area contributed by atoms with Gasteiger partial charge in [-0.1, -0.05) is 20.3 Å². The minimum atomic E-state index is 0.589. The normalized spacial score (nSPS) is 12.9. The molecule has 0 aromatic carbocycles. The summed E-state index contributed by atoms with van der Waals surface area (Å²) in [7, 11) is 4.06. The molecule has 0 radical (unpaired) electrons. The van der Waals surface area contributed by atoms with Gasteiger partial charge < -0.3 is 28.6 Å². The minimum absolute atomic E-state index is 0.589. The molecule has 0 saturated carbocycles. The smallest absolute Gasteiger partial charge is 0.0701 e. The van der Waals surface area contributed by atoms with E-state index in [4.69, 9.17) is 23.7 Å². The van der Waals surface area contributed by atoms with Crippen LogP contribution in [0.15, 0.2) is 0 Å². The topological polar surface area (TPSA) is 49.4 Å². The second-order valence-corrected chi connectivity index (χ2v) is 5.84. The molecule has 0 aliphatic heterocycles. The molecule has 0 amide bonds. The third-order valence-corrected chi connectivity index (χ3v) is 3.27. The van der Waals surface area contributed by atoms with E-state index in [-0.39, 0.29) is 0 Å². The zero-order valence-electron chi connectivity index (χ0n) is 15.6. The summed E-state index contributed by atoms with van der Waals surface area (Å²) in [5, 5.41) is 0. The summed E-state index contributed by atoms with van der Waals surface area (Å²) >= 11 is 0. The summed E-state index contributed by atoms with van der Waals surface area (Å²) < 4.78 is 27.2. The summed E-state index contributed by atoms with van der Waals surface area (Å²) in [4.78, 5) is 2.09. The molecule has 0 aromatic rings. The van der Waals surface area contributed by atoms with Crippen LogP contribution in [0.1, 0.15) is 20.3 Å². The van der Waals surface area contributed by atoms with Crippen LogP contribution >= 0.6 is 0 Å². The average Bonchev–Trinajstić information content (AvgIpc) is 2.53. The first kappa shape index (κ1) is 22.8. The number of hydrogen-bond acceptors (Lipinski definition) is 6. The zero-order chi connectivity index (χ0) is 17.2. The Morgan fingerprint density at radius 3 is 1.43 bits per heavy atom. The van der Waals surface area contributed by atoms with Gasteiger partial charge in [0.05, 0.1) is 59.5 Å². The van der Waals surface area contributed by atoms with Gasteiger partial charge in [0.15, 0.2) is 0 Å². The third-order valence-electron chi connectivity index (χ3n) is 3.27. The van der Waals surface area contributed by atoms with E-state index >= 15 is 0 Å². The van der Waals surface area contributed by atoms with Gasteiger partial charge in [-0.3, -0.25) is 0 Å². The highest BCUT2D eigenvalue weighted by molar-refractivity contribution is 4.46. The summed E-state index contributed by atoms with van der Waals surface area (Å²) in [6.07, 6.45) is 1.15. The van der Waals surface area contributed by atoms with Crippen LogP contribution in [0.25, 0.3) is 0 Å². The standard InChI is InChI=1S/C17H37NO5/c1-5-17(2)16-23-15-14-22-13-12-21-11-10-20-9-8-19-7-6-18(3)4/h17H,5-16H2,1-4H3. The Labute approximate surface area is 142 Å². The molecule has 6 heteroatoms. The van der Waals surface area contributed by atoms with Crippen molar-refractivity contribution in [3.05, 3.63) is 0 Å². The number of ether oxygens (including phenoxy) is 5. The van der Waals surface area contributed by atoms with Gasteiger partial charge in [-0.25, -0.2) is 0 Å². The summed E-state index contributed by atoms with van der Waals surface area (Å²) in [6, 6.07) is 0. The van der Waals surface area contributed by atoms with Crippen LogP contribution in [0.5, 0.6) is 0 Å². The Morgan fingerprint density at radius 2 is 1.04 bits per heavy atom. The molecule has 0 aliphatic rings. The molecule has 0 fully saturated rings. The number of nitrogens with zero attached hydrogens (tertiary/aromatic N) is 1. The largest absolute Gasteiger partial charge is 0.379 e. The maximum Gasteiger partial charge on any atom is 0.0701 e. The molecule has 0 saturated heterocycles. The number of rotatable bonds is 18. The van der Waals surface area contributed by atoms with Crippen molar-refractivity contribution < 1.29 is 23.7 Å². The van der Waals surface area contributed by atoms with Crippen LogP contribution in [-0.2, 0) is 23.7 Å².